The smallest absolute Gasteiger partial charge is 0.192 e. The third-order valence-electron chi connectivity index (χ3n) is 3.55. The Labute approximate surface area is 119 Å². The first-order valence-corrected chi connectivity index (χ1v) is 7.12. The standard InChI is InChI=1S/C17H19NO2/c1-3-19-17(20-4-2)10-9-16-14(12-17)11-13-7-5-6-8-15(13)18-16/h5-11H,3-4,12H2,1-2H3. The molecule has 0 fully saturated rings. The number of benzene rings is 1. The van der Waals surface area contributed by atoms with Crippen LogP contribution in [0.2, 0.25) is 0 Å². The molecule has 0 saturated heterocycles. The zero-order chi connectivity index (χ0) is 14.0. The van der Waals surface area contributed by atoms with Crippen LogP contribution in [0.4, 0.5) is 0 Å². The van der Waals surface area contributed by atoms with Crippen LogP contribution in [0, 0.1) is 0 Å². The molecule has 3 heteroatoms. The van der Waals surface area contributed by atoms with Crippen molar-refractivity contribution in [2.24, 2.45) is 0 Å². The summed E-state index contributed by atoms with van der Waals surface area (Å²) in [4.78, 5) is 4.70. The normalized spacial score (nSPS) is 16.3. The molecule has 1 aromatic carbocycles. The zero-order valence-corrected chi connectivity index (χ0v) is 11.9. The van der Waals surface area contributed by atoms with Gasteiger partial charge in [0.25, 0.3) is 0 Å². The second kappa shape index (κ2) is 5.35. The first-order valence-electron chi connectivity index (χ1n) is 7.12. The molecule has 0 N–H and O–H groups in total. The average molecular weight is 269 g/mol. The Balaban J connectivity index is 2.03. The van der Waals surface area contributed by atoms with E-state index >= 15 is 0 Å². The van der Waals surface area contributed by atoms with Crippen molar-refractivity contribution in [3.63, 3.8) is 0 Å². The highest BCUT2D eigenvalue weighted by atomic mass is 16.7. The van der Waals surface area contributed by atoms with Gasteiger partial charge < -0.3 is 9.47 Å². The molecule has 20 heavy (non-hydrogen) atoms. The molecule has 2 aromatic rings. The molecular formula is C17H19NO2. The van der Waals surface area contributed by atoms with Crippen molar-refractivity contribution in [3.05, 3.63) is 47.7 Å². The fourth-order valence-electron chi connectivity index (χ4n) is 2.72. The van der Waals surface area contributed by atoms with Gasteiger partial charge in [0.05, 0.1) is 11.2 Å². The summed E-state index contributed by atoms with van der Waals surface area (Å²) < 4.78 is 11.7. The Hall–Kier alpha value is -1.71. The molecule has 3 nitrogen and oxygen atoms in total. The van der Waals surface area contributed by atoms with Gasteiger partial charge in [-0.25, -0.2) is 4.98 Å². The van der Waals surface area contributed by atoms with E-state index in [2.05, 4.69) is 12.1 Å². The lowest BCUT2D eigenvalue weighted by atomic mass is 9.95. The number of hydrogen-bond acceptors (Lipinski definition) is 3. The maximum Gasteiger partial charge on any atom is 0.192 e. The minimum atomic E-state index is -0.638. The Kier molecular flexibility index (Phi) is 3.55. The van der Waals surface area contributed by atoms with Crippen molar-refractivity contribution >= 4 is 17.0 Å². The number of aromatic nitrogens is 1. The molecule has 0 unspecified atom stereocenters. The summed E-state index contributed by atoms with van der Waals surface area (Å²) in [5.74, 6) is -0.638. The van der Waals surface area contributed by atoms with E-state index in [-0.39, 0.29) is 0 Å². The summed E-state index contributed by atoms with van der Waals surface area (Å²) in [5, 5.41) is 1.16. The van der Waals surface area contributed by atoms with Crippen LogP contribution in [-0.4, -0.2) is 24.0 Å². The Bertz CT molecular complexity index is 642. The van der Waals surface area contributed by atoms with Gasteiger partial charge in [-0.05, 0) is 43.7 Å². The highest BCUT2D eigenvalue weighted by Crippen LogP contribution is 2.31. The summed E-state index contributed by atoms with van der Waals surface area (Å²) in [6.45, 7) is 5.23. The summed E-state index contributed by atoms with van der Waals surface area (Å²) in [7, 11) is 0. The molecule has 1 aromatic heterocycles. The molecule has 0 amide bonds. The second-order valence-corrected chi connectivity index (χ2v) is 4.91. The van der Waals surface area contributed by atoms with Gasteiger partial charge in [0, 0.05) is 25.0 Å². The van der Waals surface area contributed by atoms with Gasteiger partial charge >= 0.3 is 0 Å². The molecule has 0 atom stereocenters. The van der Waals surface area contributed by atoms with Crippen LogP contribution >= 0.6 is 0 Å². The van der Waals surface area contributed by atoms with Crippen LogP contribution in [0.15, 0.2) is 36.4 Å². The Morgan fingerprint density at radius 2 is 1.90 bits per heavy atom. The van der Waals surface area contributed by atoms with Crippen LogP contribution in [-0.2, 0) is 15.9 Å². The van der Waals surface area contributed by atoms with Crippen LogP contribution < -0.4 is 0 Å². The van der Waals surface area contributed by atoms with Crippen molar-refractivity contribution in [1.29, 1.82) is 0 Å². The highest BCUT2D eigenvalue weighted by Gasteiger charge is 2.32. The average Bonchev–Trinajstić information content (AvgIpc) is 2.46. The SMILES string of the molecule is CCOC1(OCC)C=Cc2nc3ccccc3cc2C1. The van der Waals surface area contributed by atoms with E-state index in [1.54, 1.807) is 0 Å². The first kappa shape index (κ1) is 13.3. The molecule has 0 spiro atoms. The van der Waals surface area contributed by atoms with Crippen molar-refractivity contribution in [2.75, 3.05) is 13.2 Å². The van der Waals surface area contributed by atoms with Crippen molar-refractivity contribution in [2.45, 2.75) is 26.1 Å². The number of hydrogen-bond donors (Lipinski definition) is 0. The first-order chi connectivity index (χ1) is 9.76. The van der Waals surface area contributed by atoms with Crippen molar-refractivity contribution in [3.8, 4) is 0 Å². The van der Waals surface area contributed by atoms with Gasteiger partial charge in [-0.15, -0.1) is 0 Å². The quantitative estimate of drug-likeness (QED) is 0.795. The number of pyridine rings is 1. The number of ether oxygens (including phenoxy) is 2. The van der Waals surface area contributed by atoms with Gasteiger partial charge in [-0.3, -0.25) is 0 Å². The summed E-state index contributed by atoms with van der Waals surface area (Å²) >= 11 is 0. The molecular weight excluding hydrogens is 250 g/mol. The fraction of sp³-hybridized carbons (Fsp3) is 0.353. The van der Waals surface area contributed by atoms with E-state index in [1.165, 1.54) is 5.56 Å². The second-order valence-electron chi connectivity index (χ2n) is 4.91. The van der Waals surface area contributed by atoms with E-state index in [4.69, 9.17) is 14.5 Å². The third kappa shape index (κ3) is 2.35. The van der Waals surface area contributed by atoms with Gasteiger partial charge in [-0.2, -0.15) is 0 Å². The highest BCUT2D eigenvalue weighted by molar-refractivity contribution is 5.81. The van der Waals surface area contributed by atoms with Gasteiger partial charge in [0.15, 0.2) is 5.79 Å². The van der Waals surface area contributed by atoms with E-state index in [1.807, 2.05) is 44.2 Å². The number of nitrogens with zero attached hydrogens (tertiary/aromatic N) is 1. The molecule has 1 aliphatic rings. The third-order valence-corrected chi connectivity index (χ3v) is 3.55. The number of fused-ring (bicyclic) bond motifs is 2. The molecule has 0 bridgehead atoms. The lowest BCUT2D eigenvalue weighted by Crippen LogP contribution is -2.38. The molecule has 104 valence electrons. The monoisotopic (exact) mass is 269 g/mol. The minimum absolute atomic E-state index is 0.626. The molecule has 0 aliphatic heterocycles. The summed E-state index contributed by atoms with van der Waals surface area (Å²) in [6, 6.07) is 10.4. The Morgan fingerprint density at radius 3 is 2.65 bits per heavy atom. The largest absolute Gasteiger partial charge is 0.346 e. The maximum atomic E-state index is 5.84. The molecule has 0 saturated carbocycles. The van der Waals surface area contributed by atoms with Crippen LogP contribution in [0.5, 0.6) is 0 Å². The van der Waals surface area contributed by atoms with E-state index < -0.39 is 5.79 Å². The molecule has 1 aliphatic carbocycles. The number of rotatable bonds is 4. The van der Waals surface area contributed by atoms with Gasteiger partial charge in [0.2, 0.25) is 0 Å². The lowest BCUT2D eigenvalue weighted by molar-refractivity contribution is -0.198. The van der Waals surface area contributed by atoms with Gasteiger partial charge in [-0.1, -0.05) is 18.2 Å². The van der Waals surface area contributed by atoms with Crippen molar-refractivity contribution < 1.29 is 9.47 Å². The predicted octanol–water partition coefficient (Wildman–Crippen LogP) is 3.57. The van der Waals surface area contributed by atoms with E-state index in [0.717, 1.165) is 16.6 Å². The van der Waals surface area contributed by atoms with Gasteiger partial charge in [0.1, 0.15) is 0 Å². The topological polar surface area (TPSA) is 31.4 Å². The van der Waals surface area contributed by atoms with Crippen molar-refractivity contribution in [1.82, 2.24) is 4.98 Å². The minimum Gasteiger partial charge on any atom is -0.346 e. The molecule has 3 rings (SSSR count). The summed E-state index contributed by atoms with van der Waals surface area (Å²) in [5.41, 5.74) is 3.21. The van der Waals surface area contributed by atoms with Crippen LogP contribution in [0.25, 0.3) is 17.0 Å². The predicted molar refractivity (Wildman–Crippen MR) is 80.5 cm³/mol. The summed E-state index contributed by atoms with van der Waals surface area (Å²) in [6.07, 6.45) is 4.71. The van der Waals surface area contributed by atoms with E-state index in [0.29, 0.717) is 19.6 Å². The number of para-hydroxylation sites is 1. The lowest BCUT2D eigenvalue weighted by Gasteiger charge is -2.33. The molecule has 1 heterocycles. The van der Waals surface area contributed by atoms with E-state index in [9.17, 15) is 0 Å². The fourth-order valence-corrected chi connectivity index (χ4v) is 2.72. The Morgan fingerprint density at radius 1 is 1.15 bits per heavy atom. The molecule has 0 radical (unpaired) electrons. The maximum absolute atomic E-state index is 5.84. The van der Waals surface area contributed by atoms with Crippen LogP contribution in [0.3, 0.4) is 0 Å². The van der Waals surface area contributed by atoms with Crippen LogP contribution in [0.1, 0.15) is 25.1 Å². The zero-order valence-electron chi connectivity index (χ0n) is 11.9.